The van der Waals surface area contributed by atoms with Gasteiger partial charge in [-0.25, -0.2) is 8.42 Å². The number of rotatable bonds is 13. The summed E-state index contributed by atoms with van der Waals surface area (Å²) in [6.07, 6.45) is 1.07. The van der Waals surface area contributed by atoms with Crippen molar-refractivity contribution in [2.75, 3.05) is 18.0 Å². The Hall–Kier alpha value is -3.56. The summed E-state index contributed by atoms with van der Waals surface area (Å²) in [5.74, 6) is -0.146. The van der Waals surface area contributed by atoms with E-state index in [-0.39, 0.29) is 29.1 Å². The predicted octanol–water partition coefficient (Wildman–Crippen LogP) is 5.57. The van der Waals surface area contributed by atoms with Gasteiger partial charge in [-0.1, -0.05) is 55.3 Å². The summed E-state index contributed by atoms with van der Waals surface area (Å²) in [6, 6.07) is 19.0. The van der Waals surface area contributed by atoms with Crippen molar-refractivity contribution in [2.24, 2.45) is 0 Å². The molecular weight excluding hydrogens is 562 g/mol. The average molecular weight is 600 g/mol. The van der Waals surface area contributed by atoms with E-state index in [2.05, 4.69) is 5.32 Å². The van der Waals surface area contributed by atoms with Crippen LogP contribution in [0.1, 0.15) is 44.7 Å². The van der Waals surface area contributed by atoms with Crippen molar-refractivity contribution in [1.29, 1.82) is 0 Å². The Labute approximate surface area is 248 Å². The van der Waals surface area contributed by atoms with Gasteiger partial charge in [-0.3, -0.25) is 13.9 Å². The van der Waals surface area contributed by atoms with E-state index >= 15 is 0 Å². The van der Waals surface area contributed by atoms with Crippen molar-refractivity contribution in [2.45, 2.75) is 64.1 Å². The van der Waals surface area contributed by atoms with Gasteiger partial charge in [0.2, 0.25) is 11.8 Å². The van der Waals surface area contributed by atoms with Gasteiger partial charge in [-0.15, -0.1) is 0 Å². The number of benzene rings is 3. The highest BCUT2D eigenvalue weighted by atomic mass is 35.5. The Bertz CT molecular complexity index is 1410. The molecule has 220 valence electrons. The van der Waals surface area contributed by atoms with Gasteiger partial charge < -0.3 is 15.0 Å². The number of carbonyl (C=O) groups is 2. The lowest BCUT2D eigenvalue weighted by Gasteiger charge is -2.33. The molecular formula is C31H38ClN3O5S. The fourth-order valence-electron chi connectivity index (χ4n) is 4.26. The maximum absolute atomic E-state index is 14.1. The molecule has 0 fully saturated rings. The first-order chi connectivity index (χ1) is 19.5. The van der Waals surface area contributed by atoms with E-state index in [9.17, 15) is 18.0 Å². The monoisotopic (exact) mass is 599 g/mol. The quantitative estimate of drug-likeness (QED) is 0.277. The van der Waals surface area contributed by atoms with Gasteiger partial charge in [-0.05, 0) is 80.8 Å². The highest BCUT2D eigenvalue weighted by molar-refractivity contribution is 7.92. The highest BCUT2D eigenvalue weighted by Gasteiger charge is 2.34. The molecule has 0 spiro atoms. The van der Waals surface area contributed by atoms with Crippen LogP contribution >= 0.6 is 11.6 Å². The third-order valence-electron chi connectivity index (χ3n) is 6.90. The van der Waals surface area contributed by atoms with Crippen molar-refractivity contribution in [3.05, 3.63) is 88.9 Å². The van der Waals surface area contributed by atoms with Crippen molar-refractivity contribution >= 4 is 39.1 Å². The first kappa shape index (κ1) is 32.0. The molecule has 0 aliphatic carbocycles. The van der Waals surface area contributed by atoms with Crippen LogP contribution in [-0.4, -0.2) is 50.9 Å². The fourth-order valence-corrected chi connectivity index (χ4v) is 5.80. The summed E-state index contributed by atoms with van der Waals surface area (Å²) in [6.45, 7) is 7.15. The van der Waals surface area contributed by atoms with Crippen LogP contribution < -0.4 is 14.4 Å². The van der Waals surface area contributed by atoms with E-state index < -0.39 is 28.5 Å². The van der Waals surface area contributed by atoms with E-state index in [1.165, 1.54) is 17.0 Å². The molecule has 10 heteroatoms. The number of aryl methyl sites for hydroxylation is 1. The lowest BCUT2D eigenvalue weighted by atomic mass is 10.1. The molecule has 41 heavy (non-hydrogen) atoms. The maximum Gasteiger partial charge on any atom is 0.264 e. The van der Waals surface area contributed by atoms with Crippen LogP contribution in [0.4, 0.5) is 5.69 Å². The summed E-state index contributed by atoms with van der Waals surface area (Å²) in [7, 11) is -2.58. The molecule has 8 nitrogen and oxygen atoms in total. The Balaban J connectivity index is 2.05. The Morgan fingerprint density at radius 2 is 1.54 bits per heavy atom. The zero-order valence-electron chi connectivity index (χ0n) is 24.1. The summed E-state index contributed by atoms with van der Waals surface area (Å²) < 4.78 is 34.1. The van der Waals surface area contributed by atoms with Gasteiger partial charge in [0.05, 0.1) is 17.7 Å². The summed E-state index contributed by atoms with van der Waals surface area (Å²) in [5.41, 5.74) is 1.96. The van der Waals surface area contributed by atoms with Gasteiger partial charge in [0.1, 0.15) is 18.3 Å². The number of nitrogens with zero attached hydrogens (tertiary/aromatic N) is 2. The zero-order chi connectivity index (χ0) is 30.2. The second-order valence-electron chi connectivity index (χ2n) is 9.91. The number of ether oxygens (including phenoxy) is 1. The van der Waals surface area contributed by atoms with Crippen molar-refractivity contribution in [1.82, 2.24) is 10.2 Å². The number of sulfonamides is 1. The smallest absolute Gasteiger partial charge is 0.264 e. The SMILES string of the molecule is CCC(C)NC(=O)C(CC)N(Cc1ccc(OC)cc1)C(=O)CN(c1ccc(Cl)cc1)S(=O)(=O)c1ccc(C)cc1. The molecule has 3 aromatic rings. The van der Waals surface area contributed by atoms with E-state index in [0.29, 0.717) is 17.2 Å². The van der Waals surface area contributed by atoms with Crippen LogP contribution in [0.3, 0.4) is 0 Å². The molecule has 0 aliphatic heterocycles. The summed E-state index contributed by atoms with van der Waals surface area (Å²) in [5, 5.41) is 3.41. The number of hydrogen-bond acceptors (Lipinski definition) is 5. The molecule has 3 rings (SSSR count). The van der Waals surface area contributed by atoms with Gasteiger partial charge in [0.15, 0.2) is 0 Å². The Morgan fingerprint density at radius 1 is 0.927 bits per heavy atom. The molecule has 0 saturated heterocycles. The number of carbonyl (C=O) groups excluding carboxylic acids is 2. The van der Waals surface area contributed by atoms with E-state index in [1.54, 1.807) is 55.6 Å². The third-order valence-corrected chi connectivity index (χ3v) is 8.94. The normalized spacial score (nSPS) is 12.7. The molecule has 2 amide bonds. The number of hydrogen-bond donors (Lipinski definition) is 1. The number of amides is 2. The largest absolute Gasteiger partial charge is 0.497 e. The molecule has 0 saturated carbocycles. The molecule has 1 N–H and O–H groups in total. The molecule has 2 unspecified atom stereocenters. The minimum absolute atomic E-state index is 0.0501. The number of halogens is 1. The Kier molecular flexibility index (Phi) is 11.2. The minimum Gasteiger partial charge on any atom is -0.497 e. The molecule has 0 aliphatic rings. The Morgan fingerprint density at radius 3 is 2.07 bits per heavy atom. The van der Waals surface area contributed by atoms with Crippen molar-refractivity contribution < 1.29 is 22.7 Å². The van der Waals surface area contributed by atoms with Gasteiger partial charge in [0, 0.05) is 17.6 Å². The fraction of sp³-hybridized carbons (Fsp3) is 0.355. The van der Waals surface area contributed by atoms with Crippen LogP contribution in [0.2, 0.25) is 5.02 Å². The molecule has 0 aromatic heterocycles. The number of methoxy groups -OCH3 is 1. The van der Waals surface area contributed by atoms with Crippen LogP contribution in [0, 0.1) is 6.92 Å². The topological polar surface area (TPSA) is 96.0 Å². The zero-order valence-corrected chi connectivity index (χ0v) is 25.7. The van der Waals surface area contributed by atoms with Gasteiger partial charge in [-0.2, -0.15) is 0 Å². The van der Waals surface area contributed by atoms with E-state index in [1.807, 2.05) is 39.8 Å². The van der Waals surface area contributed by atoms with Crippen LogP contribution in [0.25, 0.3) is 0 Å². The second-order valence-corrected chi connectivity index (χ2v) is 12.2. The maximum atomic E-state index is 14.1. The molecule has 3 aromatic carbocycles. The van der Waals surface area contributed by atoms with E-state index in [0.717, 1.165) is 21.9 Å². The predicted molar refractivity (Wildman–Crippen MR) is 163 cm³/mol. The summed E-state index contributed by atoms with van der Waals surface area (Å²) in [4.78, 5) is 29.0. The van der Waals surface area contributed by atoms with Crippen LogP contribution in [0.15, 0.2) is 77.7 Å². The minimum atomic E-state index is -4.14. The van der Waals surface area contributed by atoms with Gasteiger partial charge in [0.25, 0.3) is 10.0 Å². The molecule has 0 bridgehead atoms. The van der Waals surface area contributed by atoms with Gasteiger partial charge >= 0.3 is 0 Å². The van der Waals surface area contributed by atoms with Crippen molar-refractivity contribution in [3.8, 4) is 5.75 Å². The van der Waals surface area contributed by atoms with Crippen LogP contribution in [-0.2, 0) is 26.2 Å². The molecule has 2 atom stereocenters. The molecule has 0 heterocycles. The lowest BCUT2D eigenvalue weighted by Crippen LogP contribution is -2.53. The summed E-state index contributed by atoms with van der Waals surface area (Å²) >= 11 is 6.09. The third kappa shape index (κ3) is 8.24. The van der Waals surface area contributed by atoms with E-state index in [4.69, 9.17) is 16.3 Å². The first-order valence-corrected chi connectivity index (χ1v) is 15.4. The lowest BCUT2D eigenvalue weighted by molar-refractivity contribution is -0.140. The number of anilines is 1. The van der Waals surface area contributed by atoms with Crippen LogP contribution in [0.5, 0.6) is 5.75 Å². The number of nitrogens with one attached hydrogen (secondary N) is 1. The first-order valence-electron chi connectivity index (χ1n) is 13.6. The highest BCUT2D eigenvalue weighted by Crippen LogP contribution is 2.26. The van der Waals surface area contributed by atoms with Crippen molar-refractivity contribution in [3.63, 3.8) is 0 Å². The standard InChI is InChI=1S/C31H38ClN3O5S/c1-6-23(4)33-31(37)29(7-2)34(20-24-10-16-27(40-5)17-11-24)30(36)21-35(26-14-12-25(32)13-15-26)41(38,39)28-18-8-22(3)9-19-28/h8-19,23,29H,6-7,20-21H2,1-5H3,(H,33,37). The average Bonchev–Trinajstić information content (AvgIpc) is 2.96. The molecule has 0 radical (unpaired) electrons. The second kappa shape index (κ2) is 14.4.